The standard InChI is InChI=1S/C16H20N2O2S/c1-11-10-17-15(21-11)16(3,4)18-14(19)12(2)20-13-8-6-5-7-9-13/h5-10,12H,1-4H3,(H,18,19). The lowest BCUT2D eigenvalue weighted by Gasteiger charge is -2.26. The second-order valence-electron chi connectivity index (χ2n) is 5.46. The zero-order valence-corrected chi connectivity index (χ0v) is 13.5. The Kier molecular flexibility index (Phi) is 4.63. The van der Waals surface area contributed by atoms with E-state index in [2.05, 4.69) is 10.3 Å². The summed E-state index contributed by atoms with van der Waals surface area (Å²) in [4.78, 5) is 17.8. The van der Waals surface area contributed by atoms with Crippen molar-refractivity contribution in [3.8, 4) is 5.75 Å². The van der Waals surface area contributed by atoms with Crippen LogP contribution in [0.3, 0.4) is 0 Å². The summed E-state index contributed by atoms with van der Waals surface area (Å²) in [5, 5.41) is 3.88. The van der Waals surface area contributed by atoms with Crippen molar-refractivity contribution >= 4 is 17.2 Å². The number of ether oxygens (including phenoxy) is 1. The number of carbonyl (C=O) groups is 1. The molecule has 1 aromatic heterocycles. The molecule has 0 fully saturated rings. The smallest absolute Gasteiger partial charge is 0.261 e. The lowest BCUT2D eigenvalue weighted by atomic mass is 10.1. The second kappa shape index (κ2) is 6.26. The minimum atomic E-state index is -0.562. The molecule has 1 amide bonds. The fourth-order valence-corrected chi connectivity index (χ4v) is 2.69. The second-order valence-corrected chi connectivity index (χ2v) is 6.70. The maximum absolute atomic E-state index is 12.3. The number of amides is 1. The zero-order chi connectivity index (χ0) is 15.5. The first-order valence-corrected chi connectivity index (χ1v) is 7.67. The summed E-state index contributed by atoms with van der Waals surface area (Å²) in [6, 6.07) is 9.33. The highest BCUT2D eigenvalue weighted by Gasteiger charge is 2.28. The van der Waals surface area contributed by atoms with Gasteiger partial charge in [-0.25, -0.2) is 4.98 Å². The molecule has 1 unspecified atom stereocenters. The van der Waals surface area contributed by atoms with E-state index in [-0.39, 0.29) is 5.91 Å². The molecule has 0 aliphatic heterocycles. The van der Waals surface area contributed by atoms with E-state index < -0.39 is 11.6 Å². The molecule has 4 nitrogen and oxygen atoms in total. The van der Waals surface area contributed by atoms with E-state index >= 15 is 0 Å². The van der Waals surface area contributed by atoms with Crippen LogP contribution in [-0.4, -0.2) is 17.0 Å². The Bertz CT molecular complexity index is 608. The predicted octanol–water partition coefficient (Wildman–Crippen LogP) is 3.27. The summed E-state index contributed by atoms with van der Waals surface area (Å²) < 4.78 is 5.63. The van der Waals surface area contributed by atoms with Gasteiger partial charge in [0, 0.05) is 11.1 Å². The van der Waals surface area contributed by atoms with Gasteiger partial charge in [0.05, 0.1) is 5.54 Å². The van der Waals surface area contributed by atoms with Crippen LogP contribution in [0.2, 0.25) is 0 Å². The molecule has 112 valence electrons. The highest BCUT2D eigenvalue weighted by atomic mass is 32.1. The number of aromatic nitrogens is 1. The van der Waals surface area contributed by atoms with Crippen LogP contribution >= 0.6 is 11.3 Å². The largest absolute Gasteiger partial charge is 0.481 e. The fourth-order valence-electron chi connectivity index (χ4n) is 1.86. The van der Waals surface area contributed by atoms with Crippen LogP contribution in [0.15, 0.2) is 36.5 Å². The molecule has 0 aliphatic carbocycles. The number of nitrogens with one attached hydrogen (secondary N) is 1. The molecular formula is C16H20N2O2S. The Morgan fingerprint density at radius 1 is 1.33 bits per heavy atom. The SMILES string of the molecule is Cc1cnc(C(C)(C)NC(=O)C(C)Oc2ccccc2)s1. The Hall–Kier alpha value is -1.88. The monoisotopic (exact) mass is 304 g/mol. The van der Waals surface area contributed by atoms with Crippen molar-refractivity contribution in [3.05, 3.63) is 46.4 Å². The van der Waals surface area contributed by atoms with E-state index in [1.54, 1.807) is 18.3 Å². The molecule has 2 aromatic rings. The van der Waals surface area contributed by atoms with Crippen molar-refractivity contribution in [1.29, 1.82) is 0 Å². The fraction of sp³-hybridized carbons (Fsp3) is 0.375. The van der Waals surface area contributed by atoms with Crippen molar-refractivity contribution in [1.82, 2.24) is 10.3 Å². The Morgan fingerprint density at radius 3 is 2.57 bits per heavy atom. The summed E-state index contributed by atoms with van der Waals surface area (Å²) in [7, 11) is 0. The van der Waals surface area contributed by atoms with Gasteiger partial charge >= 0.3 is 0 Å². The average molecular weight is 304 g/mol. The van der Waals surface area contributed by atoms with E-state index in [0.717, 1.165) is 9.88 Å². The highest BCUT2D eigenvalue weighted by Crippen LogP contribution is 2.25. The van der Waals surface area contributed by atoms with Crippen molar-refractivity contribution in [2.45, 2.75) is 39.3 Å². The van der Waals surface area contributed by atoms with Gasteiger partial charge in [0.2, 0.25) is 0 Å². The van der Waals surface area contributed by atoms with Gasteiger partial charge in [-0.1, -0.05) is 18.2 Å². The van der Waals surface area contributed by atoms with Gasteiger partial charge < -0.3 is 10.1 Å². The Morgan fingerprint density at radius 2 is 2.00 bits per heavy atom. The molecule has 0 aliphatic rings. The van der Waals surface area contributed by atoms with E-state index in [4.69, 9.17) is 4.74 Å². The highest BCUT2D eigenvalue weighted by molar-refractivity contribution is 7.11. The third-order valence-electron chi connectivity index (χ3n) is 3.02. The number of benzene rings is 1. The lowest BCUT2D eigenvalue weighted by Crippen LogP contribution is -2.46. The molecule has 21 heavy (non-hydrogen) atoms. The first-order valence-electron chi connectivity index (χ1n) is 6.85. The summed E-state index contributed by atoms with van der Waals surface area (Å²) in [5.41, 5.74) is -0.510. The van der Waals surface area contributed by atoms with Crippen molar-refractivity contribution in [3.63, 3.8) is 0 Å². The van der Waals surface area contributed by atoms with Gasteiger partial charge in [-0.05, 0) is 39.8 Å². The number of nitrogens with zero attached hydrogens (tertiary/aromatic N) is 1. The summed E-state index contributed by atoms with van der Waals surface area (Å²) >= 11 is 1.59. The summed E-state index contributed by atoms with van der Waals surface area (Å²) in [5.74, 6) is 0.528. The van der Waals surface area contributed by atoms with Crippen LogP contribution in [0.5, 0.6) is 5.75 Å². The maximum atomic E-state index is 12.3. The van der Waals surface area contributed by atoms with Gasteiger partial charge in [0.1, 0.15) is 10.8 Å². The minimum Gasteiger partial charge on any atom is -0.481 e. The molecule has 1 heterocycles. The molecule has 2 rings (SSSR count). The van der Waals surface area contributed by atoms with Gasteiger partial charge in [0.25, 0.3) is 5.91 Å². The van der Waals surface area contributed by atoms with Crippen LogP contribution in [0.25, 0.3) is 0 Å². The number of thiazole rings is 1. The van der Waals surface area contributed by atoms with Crippen molar-refractivity contribution in [2.75, 3.05) is 0 Å². The van der Waals surface area contributed by atoms with E-state index in [1.807, 2.05) is 57.3 Å². The maximum Gasteiger partial charge on any atom is 0.261 e. The molecule has 0 saturated carbocycles. The molecule has 0 radical (unpaired) electrons. The van der Waals surface area contributed by atoms with Gasteiger partial charge in [-0.3, -0.25) is 4.79 Å². The Balaban J connectivity index is 2.00. The van der Waals surface area contributed by atoms with E-state index in [1.165, 1.54) is 0 Å². The molecule has 0 saturated heterocycles. The average Bonchev–Trinajstić information content (AvgIpc) is 2.87. The number of rotatable bonds is 5. The van der Waals surface area contributed by atoms with Crippen LogP contribution in [0.1, 0.15) is 30.7 Å². The Labute approximate surface area is 129 Å². The van der Waals surface area contributed by atoms with Crippen molar-refractivity contribution < 1.29 is 9.53 Å². The minimum absolute atomic E-state index is 0.156. The summed E-state index contributed by atoms with van der Waals surface area (Å²) in [6.45, 7) is 7.63. The zero-order valence-electron chi connectivity index (χ0n) is 12.7. The van der Waals surface area contributed by atoms with Crippen LogP contribution in [0.4, 0.5) is 0 Å². The van der Waals surface area contributed by atoms with Crippen molar-refractivity contribution in [2.24, 2.45) is 0 Å². The predicted molar refractivity (Wildman–Crippen MR) is 84.6 cm³/mol. The van der Waals surface area contributed by atoms with E-state index in [9.17, 15) is 4.79 Å². The molecule has 1 N–H and O–H groups in total. The molecule has 0 spiro atoms. The number of para-hydroxylation sites is 1. The molecule has 0 bridgehead atoms. The van der Waals surface area contributed by atoms with Crippen LogP contribution in [-0.2, 0) is 10.3 Å². The lowest BCUT2D eigenvalue weighted by molar-refractivity contribution is -0.129. The molecule has 1 aromatic carbocycles. The quantitative estimate of drug-likeness (QED) is 0.922. The van der Waals surface area contributed by atoms with Gasteiger partial charge in [-0.2, -0.15) is 0 Å². The topological polar surface area (TPSA) is 51.2 Å². The molecule has 5 heteroatoms. The third kappa shape index (κ3) is 4.04. The van der Waals surface area contributed by atoms with Crippen LogP contribution in [0, 0.1) is 6.92 Å². The van der Waals surface area contributed by atoms with Gasteiger partial charge in [-0.15, -0.1) is 11.3 Å². The van der Waals surface area contributed by atoms with E-state index in [0.29, 0.717) is 5.75 Å². The number of hydrogen-bond acceptors (Lipinski definition) is 4. The van der Waals surface area contributed by atoms with Crippen LogP contribution < -0.4 is 10.1 Å². The first-order chi connectivity index (χ1) is 9.88. The molecule has 1 atom stereocenters. The number of hydrogen-bond donors (Lipinski definition) is 1. The number of carbonyl (C=O) groups excluding carboxylic acids is 1. The number of aryl methyl sites for hydroxylation is 1. The third-order valence-corrected chi connectivity index (χ3v) is 4.25. The summed E-state index contributed by atoms with van der Waals surface area (Å²) in [6.07, 6.45) is 1.25. The first kappa shape index (κ1) is 15.5. The molecular weight excluding hydrogens is 284 g/mol. The normalized spacial score (nSPS) is 12.8. The van der Waals surface area contributed by atoms with Gasteiger partial charge in [0.15, 0.2) is 6.10 Å².